The molecule has 3 nitrogen and oxygen atoms in total. The molecule has 0 radical (unpaired) electrons. The average Bonchev–Trinajstić information content (AvgIpc) is 2.89. The van der Waals surface area contributed by atoms with Gasteiger partial charge in [-0.15, -0.1) is 0 Å². The van der Waals surface area contributed by atoms with Crippen LogP contribution in [0.15, 0.2) is 47.1 Å². The van der Waals surface area contributed by atoms with Crippen LogP contribution >= 0.6 is 0 Å². The van der Waals surface area contributed by atoms with Crippen molar-refractivity contribution in [3.05, 3.63) is 54.0 Å². The summed E-state index contributed by atoms with van der Waals surface area (Å²) in [5, 5.41) is 0. The second kappa shape index (κ2) is 5.55. The predicted octanol–water partition coefficient (Wildman–Crippen LogP) is 3.27. The first-order chi connectivity index (χ1) is 8.29. The van der Waals surface area contributed by atoms with E-state index in [-0.39, 0.29) is 6.04 Å². The Labute approximate surface area is 101 Å². The lowest BCUT2D eigenvalue weighted by Crippen LogP contribution is -2.08. The topological polar surface area (TPSA) is 48.4 Å². The standard InChI is InChI=1S/C14H17NO2/c1-2-14(15)11-5-3-6-12(9-11)17-10-13-7-4-8-16-13/h3-9,14H,2,10,15H2,1H3. The molecular weight excluding hydrogens is 214 g/mol. The van der Waals surface area contributed by atoms with Gasteiger partial charge in [0, 0.05) is 6.04 Å². The van der Waals surface area contributed by atoms with Gasteiger partial charge in [-0.05, 0) is 36.2 Å². The molecule has 0 bridgehead atoms. The molecule has 0 amide bonds. The molecule has 2 rings (SSSR count). The van der Waals surface area contributed by atoms with Gasteiger partial charge in [-0.3, -0.25) is 0 Å². The van der Waals surface area contributed by atoms with Crippen molar-refractivity contribution in [2.75, 3.05) is 0 Å². The Balaban J connectivity index is 2.01. The summed E-state index contributed by atoms with van der Waals surface area (Å²) in [5.74, 6) is 1.64. The Bertz CT molecular complexity index is 451. The molecule has 0 aliphatic rings. The summed E-state index contributed by atoms with van der Waals surface area (Å²) in [6.45, 7) is 2.51. The number of rotatable bonds is 5. The first-order valence-corrected chi connectivity index (χ1v) is 5.80. The van der Waals surface area contributed by atoms with E-state index in [2.05, 4.69) is 6.92 Å². The van der Waals surface area contributed by atoms with E-state index < -0.39 is 0 Å². The summed E-state index contributed by atoms with van der Waals surface area (Å²) in [5.41, 5.74) is 7.08. The summed E-state index contributed by atoms with van der Waals surface area (Å²) < 4.78 is 10.8. The highest BCUT2D eigenvalue weighted by atomic mass is 16.5. The molecule has 17 heavy (non-hydrogen) atoms. The molecule has 2 N–H and O–H groups in total. The van der Waals surface area contributed by atoms with E-state index in [9.17, 15) is 0 Å². The van der Waals surface area contributed by atoms with Crippen LogP contribution in [0.1, 0.15) is 30.7 Å². The summed E-state index contributed by atoms with van der Waals surface area (Å²) in [6.07, 6.45) is 2.56. The lowest BCUT2D eigenvalue weighted by molar-refractivity contribution is 0.270. The van der Waals surface area contributed by atoms with Crippen molar-refractivity contribution in [2.45, 2.75) is 26.0 Å². The predicted molar refractivity (Wildman–Crippen MR) is 66.7 cm³/mol. The molecule has 1 aromatic heterocycles. The normalized spacial score (nSPS) is 12.4. The van der Waals surface area contributed by atoms with Crippen LogP contribution in [0.25, 0.3) is 0 Å². The first-order valence-electron chi connectivity index (χ1n) is 5.80. The molecule has 0 spiro atoms. The Hall–Kier alpha value is -1.74. The molecule has 0 fully saturated rings. The summed E-state index contributed by atoms with van der Waals surface area (Å²) in [6, 6.07) is 11.7. The van der Waals surface area contributed by atoms with Gasteiger partial charge in [0.1, 0.15) is 18.1 Å². The van der Waals surface area contributed by atoms with Gasteiger partial charge in [-0.2, -0.15) is 0 Å². The van der Waals surface area contributed by atoms with E-state index in [0.717, 1.165) is 23.5 Å². The van der Waals surface area contributed by atoms with E-state index in [4.69, 9.17) is 14.9 Å². The SMILES string of the molecule is CCC(N)c1cccc(OCc2ccco2)c1. The van der Waals surface area contributed by atoms with Crippen LogP contribution in [0.3, 0.4) is 0 Å². The van der Waals surface area contributed by atoms with Gasteiger partial charge in [-0.1, -0.05) is 19.1 Å². The maximum atomic E-state index is 5.98. The fourth-order valence-corrected chi connectivity index (χ4v) is 1.62. The fraction of sp³-hybridized carbons (Fsp3) is 0.286. The summed E-state index contributed by atoms with van der Waals surface area (Å²) in [4.78, 5) is 0. The zero-order chi connectivity index (χ0) is 12.1. The quantitative estimate of drug-likeness (QED) is 0.859. The highest BCUT2D eigenvalue weighted by Gasteiger charge is 2.04. The minimum Gasteiger partial charge on any atom is -0.486 e. The van der Waals surface area contributed by atoms with Gasteiger partial charge >= 0.3 is 0 Å². The van der Waals surface area contributed by atoms with Crippen LogP contribution in [-0.2, 0) is 6.61 Å². The van der Waals surface area contributed by atoms with Crippen molar-refractivity contribution in [2.24, 2.45) is 5.73 Å². The second-order valence-electron chi connectivity index (χ2n) is 3.96. The molecule has 1 atom stereocenters. The smallest absolute Gasteiger partial charge is 0.146 e. The van der Waals surface area contributed by atoms with Gasteiger partial charge in [0.25, 0.3) is 0 Å². The zero-order valence-corrected chi connectivity index (χ0v) is 9.93. The number of hydrogen-bond donors (Lipinski definition) is 1. The Kier molecular flexibility index (Phi) is 3.83. The number of hydrogen-bond acceptors (Lipinski definition) is 3. The molecule has 2 aromatic rings. The molecule has 3 heteroatoms. The Morgan fingerprint density at radius 2 is 2.18 bits per heavy atom. The summed E-state index contributed by atoms with van der Waals surface area (Å²) >= 11 is 0. The summed E-state index contributed by atoms with van der Waals surface area (Å²) in [7, 11) is 0. The third-order valence-electron chi connectivity index (χ3n) is 2.69. The van der Waals surface area contributed by atoms with Crippen LogP contribution in [0, 0.1) is 0 Å². The average molecular weight is 231 g/mol. The monoisotopic (exact) mass is 231 g/mol. The van der Waals surface area contributed by atoms with Crippen molar-refractivity contribution in [3.8, 4) is 5.75 Å². The van der Waals surface area contributed by atoms with Gasteiger partial charge in [0.2, 0.25) is 0 Å². The molecule has 1 aromatic carbocycles. The molecule has 0 aliphatic carbocycles. The molecule has 1 unspecified atom stereocenters. The molecule has 0 aliphatic heterocycles. The molecule has 0 saturated heterocycles. The van der Waals surface area contributed by atoms with Crippen molar-refractivity contribution in [1.82, 2.24) is 0 Å². The Morgan fingerprint density at radius 1 is 1.29 bits per heavy atom. The Morgan fingerprint density at radius 3 is 2.88 bits per heavy atom. The van der Waals surface area contributed by atoms with Crippen molar-refractivity contribution in [1.29, 1.82) is 0 Å². The van der Waals surface area contributed by atoms with Crippen LogP contribution in [0.4, 0.5) is 0 Å². The van der Waals surface area contributed by atoms with Gasteiger partial charge in [0.05, 0.1) is 6.26 Å². The molecule has 90 valence electrons. The van der Waals surface area contributed by atoms with E-state index in [1.54, 1.807) is 6.26 Å². The molecule has 1 heterocycles. The van der Waals surface area contributed by atoms with E-state index >= 15 is 0 Å². The second-order valence-corrected chi connectivity index (χ2v) is 3.96. The number of nitrogens with two attached hydrogens (primary N) is 1. The van der Waals surface area contributed by atoms with Crippen molar-refractivity contribution >= 4 is 0 Å². The zero-order valence-electron chi connectivity index (χ0n) is 9.93. The van der Waals surface area contributed by atoms with Crippen LogP contribution in [-0.4, -0.2) is 0 Å². The minimum absolute atomic E-state index is 0.0714. The van der Waals surface area contributed by atoms with Gasteiger partial charge in [0.15, 0.2) is 0 Å². The van der Waals surface area contributed by atoms with Crippen LogP contribution in [0.5, 0.6) is 5.75 Å². The maximum Gasteiger partial charge on any atom is 0.146 e. The number of ether oxygens (including phenoxy) is 1. The molecule has 0 saturated carbocycles. The van der Waals surface area contributed by atoms with Crippen molar-refractivity contribution in [3.63, 3.8) is 0 Å². The minimum atomic E-state index is 0.0714. The molecular formula is C14H17NO2. The highest BCUT2D eigenvalue weighted by Crippen LogP contribution is 2.20. The van der Waals surface area contributed by atoms with Crippen LogP contribution < -0.4 is 10.5 Å². The fourth-order valence-electron chi connectivity index (χ4n) is 1.62. The maximum absolute atomic E-state index is 5.98. The van der Waals surface area contributed by atoms with Gasteiger partial charge in [-0.25, -0.2) is 0 Å². The van der Waals surface area contributed by atoms with E-state index in [1.807, 2.05) is 36.4 Å². The van der Waals surface area contributed by atoms with Crippen molar-refractivity contribution < 1.29 is 9.15 Å². The third kappa shape index (κ3) is 3.11. The highest BCUT2D eigenvalue weighted by molar-refractivity contribution is 5.30. The lowest BCUT2D eigenvalue weighted by atomic mass is 10.1. The van der Waals surface area contributed by atoms with E-state index in [0.29, 0.717) is 6.61 Å². The third-order valence-corrected chi connectivity index (χ3v) is 2.69. The number of benzene rings is 1. The first kappa shape index (κ1) is 11.7. The van der Waals surface area contributed by atoms with E-state index in [1.165, 1.54) is 0 Å². The van der Waals surface area contributed by atoms with Gasteiger partial charge < -0.3 is 14.9 Å². The van der Waals surface area contributed by atoms with Crippen LogP contribution in [0.2, 0.25) is 0 Å². The largest absolute Gasteiger partial charge is 0.486 e. The number of furan rings is 1. The lowest BCUT2D eigenvalue weighted by Gasteiger charge is -2.11.